The number of carbonyl (C=O) groups excluding carboxylic acids is 1. The highest BCUT2D eigenvalue weighted by Crippen LogP contribution is 2.22. The Kier molecular flexibility index (Phi) is 4.22. The molecule has 0 aliphatic rings. The number of amides is 1. The van der Waals surface area contributed by atoms with E-state index in [0.717, 1.165) is 5.56 Å². The molecule has 0 bridgehead atoms. The number of phenolic OH excluding ortho intramolecular Hbond substituents is 1. The Morgan fingerprint density at radius 2 is 1.94 bits per heavy atom. The summed E-state index contributed by atoms with van der Waals surface area (Å²) in [6.45, 7) is 9.27. The van der Waals surface area contributed by atoms with Crippen LogP contribution in [0.1, 0.15) is 33.3 Å². The van der Waals surface area contributed by atoms with Gasteiger partial charge in [0, 0.05) is 11.6 Å². The van der Waals surface area contributed by atoms with Crippen molar-refractivity contribution in [1.29, 1.82) is 0 Å². The van der Waals surface area contributed by atoms with Gasteiger partial charge in [0.2, 0.25) is 0 Å². The molecule has 1 rings (SSSR count). The van der Waals surface area contributed by atoms with E-state index in [1.54, 1.807) is 19.1 Å². The molecule has 0 radical (unpaired) electrons. The molecule has 4 heteroatoms. The van der Waals surface area contributed by atoms with Crippen molar-refractivity contribution in [3.05, 3.63) is 23.8 Å². The Morgan fingerprint density at radius 1 is 1.33 bits per heavy atom. The lowest BCUT2D eigenvalue weighted by molar-refractivity contribution is -0.128. The molecule has 1 aromatic carbocycles. The highest BCUT2D eigenvalue weighted by atomic mass is 16.5. The summed E-state index contributed by atoms with van der Waals surface area (Å²) >= 11 is 0. The van der Waals surface area contributed by atoms with Gasteiger partial charge in [0.1, 0.15) is 11.5 Å². The number of nitrogens with one attached hydrogen (secondary N) is 1. The second kappa shape index (κ2) is 5.29. The highest BCUT2D eigenvalue weighted by molar-refractivity contribution is 5.81. The summed E-state index contributed by atoms with van der Waals surface area (Å²) in [6.07, 6.45) is -0.606. The van der Waals surface area contributed by atoms with Gasteiger partial charge in [-0.2, -0.15) is 0 Å². The Balaban J connectivity index is 2.69. The minimum Gasteiger partial charge on any atom is -0.508 e. The molecular weight excluding hydrogens is 230 g/mol. The molecule has 1 amide bonds. The summed E-state index contributed by atoms with van der Waals surface area (Å²) in [7, 11) is 0. The van der Waals surface area contributed by atoms with Gasteiger partial charge < -0.3 is 15.2 Å². The summed E-state index contributed by atoms with van der Waals surface area (Å²) in [4.78, 5) is 11.8. The monoisotopic (exact) mass is 251 g/mol. The second-order valence-electron chi connectivity index (χ2n) is 5.50. The van der Waals surface area contributed by atoms with Crippen LogP contribution in [0.2, 0.25) is 0 Å². The van der Waals surface area contributed by atoms with E-state index in [2.05, 4.69) is 5.32 Å². The Morgan fingerprint density at radius 3 is 2.44 bits per heavy atom. The number of benzene rings is 1. The SMILES string of the molecule is Cc1cc(O)cc(OC(C)C(=O)NC(C)(C)C)c1. The van der Waals surface area contributed by atoms with Gasteiger partial charge in [-0.15, -0.1) is 0 Å². The number of hydrogen-bond donors (Lipinski definition) is 2. The van der Waals surface area contributed by atoms with Crippen LogP contribution < -0.4 is 10.1 Å². The summed E-state index contributed by atoms with van der Waals surface area (Å²) in [5, 5.41) is 12.3. The molecule has 1 atom stereocenters. The van der Waals surface area contributed by atoms with Gasteiger partial charge in [-0.25, -0.2) is 0 Å². The average molecular weight is 251 g/mol. The van der Waals surface area contributed by atoms with Crippen LogP contribution in [0, 0.1) is 6.92 Å². The fourth-order valence-corrected chi connectivity index (χ4v) is 1.53. The first-order valence-electron chi connectivity index (χ1n) is 5.97. The van der Waals surface area contributed by atoms with Crippen molar-refractivity contribution in [3.8, 4) is 11.5 Å². The van der Waals surface area contributed by atoms with Gasteiger partial charge in [0.15, 0.2) is 6.10 Å². The summed E-state index contributed by atoms with van der Waals surface area (Å²) < 4.78 is 5.51. The van der Waals surface area contributed by atoms with Crippen LogP contribution in [-0.4, -0.2) is 22.7 Å². The maximum absolute atomic E-state index is 11.8. The lowest BCUT2D eigenvalue weighted by atomic mass is 10.1. The molecule has 1 aromatic rings. The van der Waals surface area contributed by atoms with Gasteiger partial charge >= 0.3 is 0 Å². The van der Waals surface area contributed by atoms with Crippen LogP contribution in [0.15, 0.2) is 18.2 Å². The van der Waals surface area contributed by atoms with Gasteiger partial charge in [-0.1, -0.05) is 0 Å². The number of ether oxygens (including phenoxy) is 1. The molecule has 0 heterocycles. The van der Waals surface area contributed by atoms with Gasteiger partial charge in [0.05, 0.1) is 0 Å². The fraction of sp³-hybridized carbons (Fsp3) is 0.500. The Labute approximate surface area is 108 Å². The average Bonchev–Trinajstić information content (AvgIpc) is 2.12. The highest BCUT2D eigenvalue weighted by Gasteiger charge is 2.20. The summed E-state index contributed by atoms with van der Waals surface area (Å²) in [5.74, 6) is 0.445. The predicted molar refractivity (Wildman–Crippen MR) is 70.8 cm³/mol. The third-order valence-electron chi connectivity index (χ3n) is 2.22. The van der Waals surface area contributed by atoms with Crippen molar-refractivity contribution in [1.82, 2.24) is 5.32 Å². The van der Waals surface area contributed by atoms with Crippen molar-refractivity contribution in [3.63, 3.8) is 0 Å². The van der Waals surface area contributed by atoms with E-state index in [9.17, 15) is 9.90 Å². The lowest BCUT2D eigenvalue weighted by Crippen LogP contribution is -2.46. The van der Waals surface area contributed by atoms with Gasteiger partial charge in [0.25, 0.3) is 5.91 Å². The number of phenols is 1. The largest absolute Gasteiger partial charge is 0.508 e. The van der Waals surface area contributed by atoms with E-state index < -0.39 is 6.10 Å². The quantitative estimate of drug-likeness (QED) is 0.867. The molecule has 0 saturated carbocycles. The standard InChI is InChI=1S/C14H21NO3/c1-9-6-11(16)8-12(7-9)18-10(2)13(17)15-14(3,4)5/h6-8,10,16H,1-5H3,(H,15,17). The molecule has 1 unspecified atom stereocenters. The number of carbonyl (C=O) groups is 1. The van der Waals surface area contributed by atoms with E-state index in [-0.39, 0.29) is 17.2 Å². The topological polar surface area (TPSA) is 58.6 Å². The van der Waals surface area contributed by atoms with E-state index in [1.165, 1.54) is 6.07 Å². The molecule has 0 aliphatic carbocycles. The summed E-state index contributed by atoms with van der Waals surface area (Å²) in [5.41, 5.74) is 0.595. The van der Waals surface area contributed by atoms with Gasteiger partial charge in [-0.05, 0) is 52.3 Å². The predicted octanol–water partition coefficient (Wildman–Crippen LogP) is 2.38. The van der Waals surface area contributed by atoms with Crippen molar-refractivity contribution >= 4 is 5.91 Å². The van der Waals surface area contributed by atoms with Crippen LogP contribution >= 0.6 is 0 Å². The normalized spacial score (nSPS) is 12.9. The molecule has 0 spiro atoms. The molecular formula is C14H21NO3. The fourth-order valence-electron chi connectivity index (χ4n) is 1.53. The third-order valence-corrected chi connectivity index (χ3v) is 2.22. The zero-order valence-corrected chi connectivity index (χ0v) is 11.6. The van der Waals surface area contributed by atoms with Crippen LogP contribution in [-0.2, 0) is 4.79 Å². The van der Waals surface area contributed by atoms with Crippen molar-refractivity contribution in [2.45, 2.75) is 46.3 Å². The first-order valence-corrected chi connectivity index (χ1v) is 5.97. The molecule has 0 saturated heterocycles. The van der Waals surface area contributed by atoms with Crippen LogP contribution in [0.4, 0.5) is 0 Å². The second-order valence-corrected chi connectivity index (χ2v) is 5.50. The van der Waals surface area contributed by atoms with Gasteiger partial charge in [-0.3, -0.25) is 4.79 Å². The third kappa shape index (κ3) is 4.65. The zero-order chi connectivity index (χ0) is 13.9. The van der Waals surface area contributed by atoms with Crippen molar-refractivity contribution in [2.75, 3.05) is 0 Å². The zero-order valence-electron chi connectivity index (χ0n) is 11.6. The number of hydrogen-bond acceptors (Lipinski definition) is 3. The van der Waals surface area contributed by atoms with E-state index in [4.69, 9.17) is 4.74 Å². The van der Waals surface area contributed by atoms with Crippen LogP contribution in [0.3, 0.4) is 0 Å². The first-order chi connectivity index (χ1) is 8.17. The summed E-state index contributed by atoms with van der Waals surface area (Å²) in [6, 6.07) is 4.90. The number of rotatable bonds is 3. The maximum atomic E-state index is 11.8. The number of aryl methyl sites for hydroxylation is 1. The van der Waals surface area contributed by atoms with Crippen molar-refractivity contribution in [2.24, 2.45) is 0 Å². The first kappa shape index (κ1) is 14.4. The molecule has 100 valence electrons. The van der Waals surface area contributed by atoms with Crippen molar-refractivity contribution < 1.29 is 14.6 Å². The smallest absolute Gasteiger partial charge is 0.261 e. The minimum atomic E-state index is -0.606. The maximum Gasteiger partial charge on any atom is 0.261 e. The van der Waals surface area contributed by atoms with E-state index in [0.29, 0.717) is 5.75 Å². The molecule has 2 N–H and O–H groups in total. The van der Waals surface area contributed by atoms with E-state index in [1.807, 2.05) is 27.7 Å². The molecule has 0 aromatic heterocycles. The molecule has 0 fully saturated rings. The van der Waals surface area contributed by atoms with Crippen LogP contribution in [0.25, 0.3) is 0 Å². The van der Waals surface area contributed by atoms with Crippen LogP contribution in [0.5, 0.6) is 11.5 Å². The molecule has 18 heavy (non-hydrogen) atoms. The Hall–Kier alpha value is -1.71. The molecule has 0 aliphatic heterocycles. The Bertz CT molecular complexity index is 415. The minimum absolute atomic E-state index is 0.133. The van der Waals surface area contributed by atoms with E-state index >= 15 is 0 Å². The lowest BCUT2D eigenvalue weighted by Gasteiger charge is -2.23. The number of aromatic hydroxyl groups is 1. The molecule has 4 nitrogen and oxygen atoms in total.